The van der Waals surface area contributed by atoms with Gasteiger partial charge in [-0.1, -0.05) is 23.1 Å². The summed E-state index contributed by atoms with van der Waals surface area (Å²) < 4.78 is 0.666. The Bertz CT molecular complexity index is 567. The molecule has 0 fully saturated rings. The first kappa shape index (κ1) is 14.3. The summed E-state index contributed by atoms with van der Waals surface area (Å²) >= 11 is 4.31. The van der Waals surface area contributed by atoms with Crippen LogP contribution in [0.25, 0.3) is 0 Å². The normalized spacial score (nSPS) is 12.3. The van der Waals surface area contributed by atoms with Crippen molar-refractivity contribution in [3.05, 3.63) is 21.9 Å². The highest BCUT2D eigenvalue weighted by Crippen LogP contribution is 2.30. The Labute approximate surface area is 123 Å². The molecule has 2 aromatic rings. The quantitative estimate of drug-likeness (QED) is 0.797. The number of carboxylic acids is 1. The Morgan fingerprint density at radius 2 is 2.26 bits per heavy atom. The maximum Gasteiger partial charge on any atom is 0.313 e. The minimum atomic E-state index is -0.850. The highest BCUT2D eigenvalue weighted by atomic mass is 32.2. The number of nitrogens with one attached hydrogen (secondary N) is 1. The predicted octanol–water partition coefficient (Wildman–Crippen LogP) is 3.26. The van der Waals surface area contributed by atoms with E-state index in [-0.39, 0.29) is 11.8 Å². The van der Waals surface area contributed by atoms with Crippen LogP contribution in [0.15, 0.2) is 16.5 Å². The second-order valence-corrected chi connectivity index (χ2v) is 7.39. The van der Waals surface area contributed by atoms with E-state index in [1.165, 1.54) is 32.9 Å². The number of nitrogens with zero attached hydrogens (tertiary/aromatic N) is 2. The third-order valence-corrected chi connectivity index (χ3v) is 5.41. The molecule has 2 N–H and O–H groups in total. The van der Waals surface area contributed by atoms with Crippen molar-refractivity contribution in [2.24, 2.45) is 0 Å². The molecule has 1 atom stereocenters. The number of anilines is 1. The van der Waals surface area contributed by atoms with Crippen molar-refractivity contribution in [3.63, 3.8) is 0 Å². The van der Waals surface area contributed by atoms with Crippen LogP contribution >= 0.6 is 34.4 Å². The van der Waals surface area contributed by atoms with Crippen LogP contribution in [0.3, 0.4) is 0 Å². The van der Waals surface area contributed by atoms with E-state index in [1.807, 2.05) is 0 Å². The fraction of sp³-hybridized carbons (Fsp3) is 0.364. The molecule has 0 bridgehead atoms. The van der Waals surface area contributed by atoms with E-state index in [9.17, 15) is 4.79 Å². The zero-order valence-electron chi connectivity index (χ0n) is 10.4. The largest absolute Gasteiger partial charge is 0.481 e. The summed E-state index contributed by atoms with van der Waals surface area (Å²) in [4.78, 5) is 13.0. The summed E-state index contributed by atoms with van der Waals surface area (Å²) in [6, 6.07) is 4.36. The van der Waals surface area contributed by atoms with Crippen LogP contribution in [-0.2, 0) is 4.79 Å². The van der Waals surface area contributed by atoms with Gasteiger partial charge < -0.3 is 10.4 Å². The summed E-state index contributed by atoms with van der Waals surface area (Å²) in [5.74, 6) is -0.842. The summed E-state index contributed by atoms with van der Waals surface area (Å²) in [5.41, 5.74) is 0. The predicted molar refractivity (Wildman–Crippen MR) is 79.4 cm³/mol. The van der Waals surface area contributed by atoms with Gasteiger partial charge in [0.2, 0.25) is 5.13 Å². The van der Waals surface area contributed by atoms with Crippen molar-refractivity contribution in [1.82, 2.24) is 10.2 Å². The average molecular weight is 315 g/mol. The third kappa shape index (κ3) is 4.19. The minimum Gasteiger partial charge on any atom is -0.481 e. The summed E-state index contributed by atoms with van der Waals surface area (Å²) in [7, 11) is 0. The first-order chi connectivity index (χ1) is 9.04. The Hall–Kier alpha value is -1.12. The molecule has 1 unspecified atom stereocenters. The molecular weight excluding hydrogens is 302 g/mol. The molecule has 0 aromatic carbocycles. The van der Waals surface area contributed by atoms with Gasteiger partial charge in [0.25, 0.3) is 0 Å². The van der Waals surface area contributed by atoms with Gasteiger partial charge in [-0.2, -0.15) is 0 Å². The molecule has 0 aliphatic heterocycles. The monoisotopic (exact) mass is 315 g/mol. The summed E-state index contributed by atoms with van der Waals surface area (Å²) in [6.07, 6.45) is 0. The van der Waals surface area contributed by atoms with E-state index < -0.39 is 5.97 Å². The maximum atomic E-state index is 10.5. The van der Waals surface area contributed by atoms with E-state index in [0.717, 1.165) is 0 Å². The van der Waals surface area contributed by atoms with Gasteiger partial charge in [0, 0.05) is 9.75 Å². The van der Waals surface area contributed by atoms with Crippen molar-refractivity contribution < 1.29 is 9.90 Å². The molecule has 102 valence electrons. The molecule has 0 aliphatic carbocycles. The smallest absolute Gasteiger partial charge is 0.313 e. The van der Waals surface area contributed by atoms with Crippen LogP contribution in [0.2, 0.25) is 0 Å². The zero-order valence-corrected chi connectivity index (χ0v) is 12.9. The van der Waals surface area contributed by atoms with E-state index in [1.54, 1.807) is 11.3 Å². The average Bonchev–Trinajstić information content (AvgIpc) is 2.95. The standard InChI is InChI=1S/C11H13N3O2S3/c1-6-3-4-8(18-6)7(2)12-10-13-14-11(19-10)17-5-9(15)16/h3-4,7H,5H2,1-2H3,(H,12,13)(H,15,16). The van der Waals surface area contributed by atoms with Gasteiger partial charge in [-0.3, -0.25) is 4.79 Å². The number of rotatable bonds is 6. The SMILES string of the molecule is Cc1ccc(C(C)Nc2nnc(SCC(=O)O)s2)s1. The van der Waals surface area contributed by atoms with Gasteiger partial charge in [0.15, 0.2) is 4.34 Å². The highest BCUT2D eigenvalue weighted by molar-refractivity contribution is 8.01. The van der Waals surface area contributed by atoms with E-state index in [0.29, 0.717) is 9.47 Å². The van der Waals surface area contributed by atoms with Gasteiger partial charge in [-0.05, 0) is 26.0 Å². The van der Waals surface area contributed by atoms with Gasteiger partial charge in [-0.25, -0.2) is 0 Å². The van der Waals surface area contributed by atoms with Crippen molar-refractivity contribution in [2.75, 3.05) is 11.1 Å². The Balaban J connectivity index is 1.94. The number of aromatic nitrogens is 2. The topological polar surface area (TPSA) is 75.1 Å². The van der Waals surface area contributed by atoms with Gasteiger partial charge >= 0.3 is 5.97 Å². The number of carboxylic acid groups (broad SMARTS) is 1. The maximum absolute atomic E-state index is 10.5. The summed E-state index contributed by atoms with van der Waals surface area (Å²) in [6.45, 7) is 4.14. The number of aliphatic carboxylic acids is 1. The summed E-state index contributed by atoms with van der Waals surface area (Å²) in [5, 5.41) is 20.6. The first-order valence-corrected chi connectivity index (χ1v) is 8.17. The van der Waals surface area contributed by atoms with Crippen LogP contribution < -0.4 is 5.32 Å². The number of thiophene rings is 1. The Kier molecular flexibility index (Phi) is 4.78. The van der Waals surface area contributed by atoms with Crippen molar-refractivity contribution in [1.29, 1.82) is 0 Å². The fourth-order valence-corrected chi connectivity index (χ4v) is 3.83. The molecule has 19 heavy (non-hydrogen) atoms. The molecule has 2 rings (SSSR count). The number of hydrogen-bond acceptors (Lipinski definition) is 7. The lowest BCUT2D eigenvalue weighted by molar-refractivity contribution is -0.133. The Morgan fingerprint density at radius 1 is 1.47 bits per heavy atom. The lowest BCUT2D eigenvalue weighted by Crippen LogP contribution is -2.04. The molecule has 5 nitrogen and oxygen atoms in total. The number of aryl methyl sites for hydroxylation is 1. The van der Waals surface area contributed by atoms with Crippen molar-refractivity contribution >= 4 is 45.5 Å². The van der Waals surface area contributed by atoms with Crippen molar-refractivity contribution in [3.8, 4) is 0 Å². The highest BCUT2D eigenvalue weighted by Gasteiger charge is 2.11. The molecule has 8 heteroatoms. The second kappa shape index (κ2) is 6.36. The third-order valence-electron chi connectivity index (χ3n) is 2.25. The van der Waals surface area contributed by atoms with E-state index in [2.05, 4.69) is 41.5 Å². The fourth-order valence-electron chi connectivity index (χ4n) is 1.39. The molecule has 0 aliphatic rings. The van der Waals surface area contributed by atoms with Gasteiger partial charge in [-0.15, -0.1) is 21.5 Å². The van der Waals surface area contributed by atoms with Crippen molar-refractivity contribution in [2.45, 2.75) is 24.2 Å². The molecule has 0 saturated carbocycles. The zero-order chi connectivity index (χ0) is 13.8. The van der Waals surface area contributed by atoms with Gasteiger partial charge in [0.1, 0.15) is 0 Å². The van der Waals surface area contributed by atoms with E-state index >= 15 is 0 Å². The molecule has 0 saturated heterocycles. The molecule has 2 aromatic heterocycles. The number of hydrogen-bond donors (Lipinski definition) is 2. The van der Waals surface area contributed by atoms with Crippen LogP contribution in [-0.4, -0.2) is 27.0 Å². The van der Waals surface area contributed by atoms with Gasteiger partial charge in [0.05, 0.1) is 11.8 Å². The minimum absolute atomic E-state index is 0.00824. The van der Waals surface area contributed by atoms with Crippen LogP contribution in [0, 0.1) is 6.92 Å². The first-order valence-electron chi connectivity index (χ1n) is 5.55. The number of thioether (sulfide) groups is 1. The molecule has 0 spiro atoms. The number of carbonyl (C=O) groups is 1. The second-order valence-electron chi connectivity index (χ2n) is 3.87. The molecule has 2 heterocycles. The molecule has 0 radical (unpaired) electrons. The van der Waals surface area contributed by atoms with Crippen LogP contribution in [0.5, 0.6) is 0 Å². The van der Waals surface area contributed by atoms with E-state index in [4.69, 9.17) is 5.11 Å². The Morgan fingerprint density at radius 3 is 2.89 bits per heavy atom. The molecule has 0 amide bonds. The lowest BCUT2D eigenvalue weighted by atomic mass is 10.3. The van der Waals surface area contributed by atoms with Crippen LogP contribution in [0.4, 0.5) is 5.13 Å². The molecular formula is C11H13N3O2S3. The lowest BCUT2D eigenvalue weighted by Gasteiger charge is -2.09. The van der Waals surface area contributed by atoms with Crippen LogP contribution in [0.1, 0.15) is 22.7 Å².